The van der Waals surface area contributed by atoms with Crippen LogP contribution in [0.3, 0.4) is 0 Å². The molecule has 0 atom stereocenters. The molecule has 2 heteroatoms. The largest absolute Gasteiger partial charge is 0.129 e. The lowest BCUT2D eigenvalue weighted by molar-refractivity contribution is 0.589. The van der Waals surface area contributed by atoms with Crippen LogP contribution in [0.4, 0.5) is 0 Å². The molecule has 0 saturated carbocycles. The second-order valence-electron chi connectivity index (χ2n) is 9.22. The van der Waals surface area contributed by atoms with Crippen LogP contribution in [0, 0.1) is 11.5 Å². The van der Waals surface area contributed by atoms with Gasteiger partial charge in [0.2, 0.25) is 0 Å². The van der Waals surface area contributed by atoms with Crippen molar-refractivity contribution in [2.45, 2.75) is 65.5 Å². The fourth-order valence-corrected chi connectivity index (χ4v) is 3.84. The smallest absolute Gasteiger partial charge is 0.127 e. The molecule has 0 aromatic heterocycles. The highest BCUT2D eigenvalue weighted by Gasteiger charge is 2.20. The summed E-state index contributed by atoms with van der Waals surface area (Å²) in [5.41, 5.74) is 10.1. The number of benzene rings is 1. The number of hydrogen-bond acceptors (Lipinski definition) is 0. The molecule has 0 fully saturated rings. The van der Waals surface area contributed by atoms with Crippen LogP contribution in [0.15, 0.2) is 30.0 Å². The van der Waals surface area contributed by atoms with Crippen LogP contribution >= 0.6 is 0 Å². The number of hydrogen-bond donors (Lipinski definition) is 0. The van der Waals surface area contributed by atoms with E-state index in [4.69, 9.17) is 0 Å². The van der Waals surface area contributed by atoms with Gasteiger partial charge in [-0.05, 0) is 16.5 Å². The summed E-state index contributed by atoms with van der Waals surface area (Å²) in [5, 5.41) is 0. The van der Waals surface area contributed by atoms with Gasteiger partial charge in [-0.25, -0.2) is 0 Å². The van der Waals surface area contributed by atoms with Crippen LogP contribution in [0.5, 0.6) is 0 Å². The van der Waals surface area contributed by atoms with Crippen molar-refractivity contribution < 1.29 is 0 Å². The Kier molecular flexibility index (Phi) is 5.70. The Hall–Kier alpha value is -1.05. The predicted molar refractivity (Wildman–Crippen MR) is 108 cm³/mol. The van der Waals surface area contributed by atoms with E-state index in [0.717, 1.165) is 0 Å². The normalized spacial score (nSPS) is 13.6. The third-order valence-electron chi connectivity index (χ3n) is 3.17. The molecule has 0 bridgehead atoms. The average molecular weight is 329 g/mol. The summed E-state index contributed by atoms with van der Waals surface area (Å²) in [6.45, 7) is 20.9. The van der Waals surface area contributed by atoms with E-state index in [1.807, 2.05) is 0 Å². The lowest BCUT2D eigenvalue weighted by atomic mass is 9.82. The first kappa shape index (κ1) is 19.0. The summed E-state index contributed by atoms with van der Waals surface area (Å²) in [6, 6.07) is 8.77. The molecule has 0 spiro atoms. The lowest BCUT2D eigenvalue weighted by Gasteiger charge is -2.24. The second-order valence-corrected chi connectivity index (χ2v) is 19.0. The fourth-order valence-electron chi connectivity index (χ4n) is 2.24. The van der Waals surface area contributed by atoms with Gasteiger partial charge >= 0.3 is 0 Å². The zero-order valence-electron chi connectivity index (χ0n) is 15.9. The molecule has 1 aromatic rings. The van der Waals surface area contributed by atoms with Crippen LogP contribution in [-0.2, 0) is 5.41 Å². The van der Waals surface area contributed by atoms with Crippen molar-refractivity contribution in [3.63, 3.8) is 0 Å². The summed E-state index contributed by atoms with van der Waals surface area (Å²) in [6.07, 6.45) is 0. The minimum Gasteiger partial charge on any atom is -0.127 e. The van der Waals surface area contributed by atoms with Crippen molar-refractivity contribution in [2.24, 2.45) is 0 Å². The SMILES string of the molecule is CC(C)(C)c1ccccc1/C(C#C[Si](C)(C)C)=C/[Si](C)(C)C. The number of rotatable bonds is 2. The third kappa shape index (κ3) is 6.38. The molecule has 0 aliphatic heterocycles. The highest BCUT2D eigenvalue weighted by Crippen LogP contribution is 2.31. The molecule has 1 aromatic carbocycles. The van der Waals surface area contributed by atoms with Gasteiger partial charge < -0.3 is 0 Å². The number of allylic oxidation sites excluding steroid dienone is 1. The van der Waals surface area contributed by atoms with Crippen molar-refractivity contribution in [1.82, 2.24) is 0 Å². The molecule has 120 valence electrons. The molecule has 0 N–H and O–H groups in total. The molecular formula is C20H32Si2. The quantitative estimate of drug-likeness (QED) is 0.453. The Labute approximate surface area is 140 Å². The molecule has 0 saturated heterocycles. The van der Waals surface area contributed by atoms with Gasteiger partial charge in [-0.1, -0.05) is 95.9 Å². The van der Waals surface area contributed by atoms with Crippen LogP contribution < -0.4 is 0 Å². The Morgan fingerprint density at radius 3 is 1.95 bits per heavy atom. The highest BCUT2D eigenvalue weighted by atomic mass is 28.3. The molecule has 0 nitrogen and oxygen atoms in total. The summed E-state index contributed by atoms with van der Waals surface area (Å²) in [7, 11) is -2.71. The lowest BCUT2D eigenvalue weighted by Crippen LogP contribution is -2.19. The first-order chi connectivity index (χ1) is 9.80. The van der Waals surface area contributed by atoms with E-state index in [0.29, 0.717) is 0 Å². The Morgan fingerprint density at radius 1 is 0.955 bits per heavy atom. The van der Waals surface area contributed by atoms with Gasteiger partial charge in [-0.15, -0.1) is 5.54 Å². The van der Waals surface area contributed by atoms with Crippen molar-refractivity contribution in [2.75, 3.05) is 0 Å². The van der Waals surface area contributed by atoms with Gasteiger partial charge in [0, 0.05) is 5.57 Å². The third-order valence-corrected chi connectivity index (χ3v) is 5.20. The van der Waals surface area contributed by atoms with Crippen molar-refractivity contribution in [3.8, 4) is 11.5 Å². The van der Waals surface area contributed by atoms with Gasteiger partial charge in [0.25, 0.3) is 0 Å². The van der Waals surface area contributed by atoms with Gasteiger partial charge in [0.1, 0.15) is 8.07 Å². The van der Waals surface area contributed by atoms with E-state index in [1.165, 1.54) is 16.7 Å². The first-order valence-corrected chi connectivity index (χ1v) is 15.2. The molecule has 0 radical (unpaired) electrons. The zero-order valence-corrected chi connectivity index (χ0v) is 17.9. The van der Waals surface area contributed by atoms with E-state index < -0.39 is 16.1 Å². The minimum absolute atomic E-state index is 0.135. The van der Waals surface area contributed by atoms with Gasteiger partial charge in [0.05, 0.1) is 8.07 Å². The molecule has 22 heavy (non-hydrogen) atoms. The van der Waals surface area contributed by atoms with E-state index in [1.54, 1.807) is 0 Å². The van der Waals surface area contributed by atoms with Crippen LogP contribution in [-0.4, -0.2) is 16.1 Å². The molecule has 0 heterocycles. The highest BCUT2D eigenvalue weighted by molar-refractivity contribution is 6.84. The molecular weight excluding hydrogens is 296 g/mol. The summed E-state index contributed by atoms with van der Waals surface area (Å²) in [4.78, 5) is 0. The molecule has 0 unspecified atom stereocenters. The zero-order chi connectivity index (χ0) is 17.2. The maximum atomic E-state index is 3.56. The van der Waals surface area contributed by atoms with Crippen molar-refractivity contribution >= 4 is 21.7 Å². The topological polar surface area (TPSA) is 0 Å². The standard InChI is InChI=1S/C20H32Si2/c1-20(2,3)19-13-11-10-12-18(19)17(16-22(7,8)9)14-15-21(4,5)6/h10-13,16H,1-9H3/b17-16+. The first-order valence-electron chi connectivity index (χ1n) is 8.15. The van der Waals surface area contributed by atoms with Gasteiger partial charge in [-0.3, -0.25) is 0 Å². The van der Waals surface area contributed by atoms with Crippen molar-refractivity contribution in [1.29, 1.82) is 0 Å². The Balaban J connectivity index is 3.54. The Bertz CT molecular complexity index is 606. The monoisotopic (exact) mass is 328 g/mol. The fraction of sp³-hybridized carbons (Fsp3) is 0.500. The maximum Gasteiger partial charge on any atom is 0.129 e. The molecule has 0 aliphatic rings. The summed E-state index contributed by atoms with van der Waals surface area (Å²) in [5.74, 6) is 3.55. The van der Waals surface area contributed by atoms with E-state index in [9.17, 15) is 0 Å². The molecule has 0 aliphatic carbocycles. The van der Waals surface area contributed by atoms with E-state index >= 15 is 0 Å². The predicted octanol–water partition coefficient (Wildman–Crippen LogP) is 6.13. The molecule has 0 amide bonds. The maximum absolute atomic E-state index is 3.56. The van der Waals surface area contributed by atoms with Crippen LogP contribution in [0.1, 0.15) is 31.9 Å². The van der Waals surface area contributed by atoms with Gasteiger partial charge in [-0.2, -0.15) is 0 Å². The van der Waals surface area contributed by atoms with E-state index in [-0.39, 0.29) is 5.41 Å². The van der Waals surface area contributed by atoms with Crippen LogP contribution in [0.2, 0.25) is 39.3 Å². The Morgan fingerprint density at radius 2 is 1.50 bits per heavy atom. The van der Waals surface area contributed by atoms with Gasteiger partial charge in [0.15, 0.2) is 0 Å². The summed E-state index contributed by atoms with van der Waals surface area (Å²) < 4.78 is 0. The average Bonchev–Trinajstić information content (AvgIpc) is 2.31. The van der Waals surface area contributed by atoms with E-state index in [2.05, 4.69) is 101 Å². The molecule has 1 rings (SSSR count). The summed E-state index contributed by atoms with van der Waals surface area (Å²) >= 11 is 0. The second kappa shape index (κ2) is 6.60. The van der Waals surface area contributed by atoms with Crippen LogP contribution in [0.25, 0.3) is 5.57 Å². The van der Waals surface area contributed by atoms with Crippen molar-refractivity contribution in [3.05, 3.63) is 41.1 Å². The minimum atomic E-state index is -1.38.